The lowest BCUT2D eigenvalue weighted by molar-refractivity contribution is -0.117. The Kier molecular flexibility index (Phi) is 9.66. The first-order valence-electron chi connectivity index (χ1n) is 13.4. The van der Waals surface area contributed by atoms with Crippen LogP contribution in [0.2, 0.25) is 0 Å². The number of anilines is 1. The number of aromatic hydroxyl groups is 1. The normalized spacial score (nSPS) is 13.3. The van der Waals surface area contributed by atoms with Gasteiger partial charge in [0.25, 0.3) is 5.91 Å². The number of carbonyl (C=O) groups excluding carboxylic acids is 2. The quantitative estimate of drug-likeness (QED) is 0.285. The van der Waals surface area contributed by atoms with E-state index >= 15 is 0 Å². The Morgan fingerprint density at radius 2 is 1.93 bits per heavy atom. The molecule has 4 rings (SSSR count). The molecule has 0 spiro atoms. The fourth-order valence-electron chi connectivity index (χ4n) is 4.88. The van der Waals surface area contributed by atoms with Crippen LogP contribution in [0, 0.1) is 5.41 Å². The number of likely N-dealkylation sites (N-methyl/N-ethyl adjacent to an activating group) is 1. The molecule has 1 saturated carbocycles. The van der Waals surface area contributed by atoms with Crippen LogP contribution >= 0.6 is 0 Å². The Balaban J connectivity index is 1.55. The summed E-state index contributed by atoms with van der Waals surface area (Å²) < 4.78 is 18.8. The molecule has 0 unspecified atom stereocenters. The minimum atomic E-state index is -0.520. The molecule has 1 aromatic heterocycles. The molecule has 2 aromatic carbocycles. The third-order valence-electron chi connectivity index (χ3n) is 6.88. The molecule has 0 bridgehead atoms. The molecule has 0 atom stereocenters. The number of pyridine rings is 1. The van der Waals surface area contributed by atoms with Crippen LogP contribution in [-0.2, 0) is 11.2 Å². The standard InChI is InChI=1S/C30H33FN4O5/c1-2-35(21-13-14-26(40-31)25(36)17-21)28(37)19-34-30(38)23-11-6-12-27(39-22-9-4-3-5-10-22)29(23)24(32)16-20-8-7-15-33-18-20/h6-8,11-15,17-18,22,32,36H,2-5,9-10,16,19H2,1H3,(H,34,38). The van der Waals surface area contributed by atoms with Gasteiger partial charge in [-0.05, 0) is 68.5 Å². The lowest BCUT2D eigenvalue weighted by atomic mass is 9.95. The predicted molar refractivity (Wildman–Crippen MR) is 149 cm³/mol. The highest BCUT2D eigenvalue weighted by Gasteiger charge is 2.24. The maximum absolute atomic E-state index is 13.4. The van der Waals surface area contributed by atoms with E-state index in [0.717, 1.165) is 31.2 Å². The van der Waals surface area contributed by atoms with Crippen LogP contribution in [0.25, 0.3) is 0 Å². The smallest absolute Gasteiger partial charge is 0.252 e. The summed E-state index contributed by atoms with van der Waals surface area (Å²) in [5.74, 6) is -1.31. The second kappa shape index (κ2) is 13.5. The van der Waals surface area contributed by atoms with Gasteiger partial charge in [0.1, 0.15) is 5.75 Å². The Bertz CT molecular complexity index is 1350. The number of hydrogen-bond acceptors (Lipinski definition) is 7. The van der Waals surface area contributed by atoms with Crippen molar-refractivity contribution in [2.75, 3.05) is 18.0 Å². The number of hydrogen-bond donors (Lipinski definition) is 3. The third kappa shape index (κ3) is 6.93. The van der Waals surface area contributed by atoms with E-state index < -0.39 is 17.6 Å². The van der Waals surface area contributed by atoms with E-state index in [-0.39, 0.29) is 42.6 Å². The minimum Gasteiger partial charge on any atom is -0.504 e. The van der Waals surface area contributed by atoms with Gasteiger partial charge in [0.2, 0.25) is 11.7 Å². The Morgan fingerprint density at radius 3 is 2.60 bits per heavy atom. The molecule has 1 aliphatic carbocycles. The average Bonchev–Trinajstić information content (AvgIpc) is 2.97. The molecule has 0 saturated heterocycles. The van der Waals surface area contributed by atoms with Crippen molar-refractivity contribution in [1.29, 1.82) is 5.41 Å². The highest BCUT2D eigenvalue weighted by molar-refractivity contribution is 6.12. The maximum atomic E-state index is 13.4. The number of amides is 2. The molecular formula is C30H33FN4O5. The number of aromatic nitrogens is 1. The largest absolute Gasteiger partial charge is 0.504 e. The van der Waals surface area contributed by atoms with E-state index in [2.05, 4.69) is 15.2 Å². The van der Waals surface area contributed by atoms with Crippen molar-refractivity contribution < 1.29 is 28.9 Å². The number of nitrogens with one attached hydrogen (secondary N) is 2. The Hall–Kier alpha value is -4.47. The fourth-order valence-corrected chi connectivity index (χ4v) is 4.88. The molecule has 1 aliphatic rings. The fraction of sp³-hybridized carbons (Fsp3) is 0.333. The van der Waals surface area contributed by atoms with Crippen LogP contribution in [0.3, 0.4) is 0 Å². The van der Waals surface area contributed by atoms with Gasteiger partial charge in [-0.2, -0.15) is 0 Å². The topological polar surface area (TPSA) is 125 Å². The van der Waals surface area contributed by atoms with Crippen molar-refractivity contribution in [3.63, 3.8) is 0 Å². The SMILES string of the molecule is CCN(C(=O)CNC(=O)c1cccc(OC2CCCCC2)c1C(=N)Cc1cccnc1)c1ccc(OF)c(O)c1. The van der Waals surface area contributed by atoms with Crippen molar-refractivity contribution in [2.24, 2.45) is 0 Å². The second-order valence-corrected chi connectivity index (χ2v) is 9.62. The summed E-state index contributed by atoms with van der Waals surface area (Å²) >= 11 is 0. The van der Waals surface area contributed by atoms with Gasteiger partial charge in [0.05, 0.1) is 23.8 Å². The summed E-state index contributed by atoms with van der Waals surface area (Å²) in [5.41, 5.74) is 1.98. The lowest BCUT2D eigenvalue weighted by Gasteiger charge is -2.25. The highest BCUT2D eigenvalue weighted by Crippen LogP contribution is 2.32. The van der Waals surface area contributed by atoms with Gasteiger partial charge in [-0.15, -0.1) is 0 Å². The summed E-state index contributed by atoms with van der Waals surface area (Å²) in [6.07, 6.45) is 8.76. The zero-order valence-electron chi connectivity index (χ0n) is 22.4. The molecule has 40 heavy (non-hydrogen) atoms. The highest BCUT2D eigenvalue weighted by atomic mass is 19.3. The molecule has 3 aromatic rings. The molecular weight excluding hydrogens is 515 g/mol. The van der Waals surface area contributed by atoms with Gasteiger partial charge in [-0.3, -0.25) is 19.5 Å². The molecule has 1 heterocycles. The predicted octanol–water partition coefficient (Wildman–Crippen LogP) is 5.16. The molecule has 3 N–H and O–H groups in total. The average molecular weight is 549 g/mol. The third-order valence-corrected chi connectivity index (χ3v) is 6.88. The molecule has 9 nitrogen and oxygen atoms in total. The number of phenols is 1. The summed E-state index contributed by atoms with van der Waals surface area (Å²) in [5, 5.41) is 21.5. The van der Waals surface area contributed by atoms with Gasteiger partial charge >= 0.3 is 0 Å². The first-order chi connectivity index (χ1) is 19.4. The molecule has 0 radical (unpaired) electrons. The number of halogens is 1. The van der Waals surface area contributed by atoms with Crippen LogP contribution in [0.5, 0.6) is 17.2 Å². The van der Waals surface area contributed by atoms with E-state index in [1.54, 1.807) is 43.6 Å². The first-order valence-corrected chi connectivity index (χ1v) is 13.4. The molecule has 0 aliphatic heterocycles. The van der Waals surface area contributed by atoms with E-state index in [0.29, 0.717) is 17.0 Å². The van der Waals surface area contributed by atoms with Crippen LogP contribution < -0.4 is 19.9 Å². The van der Waals surface area contributed by atoms with Crippen LogP contribution in [-0.4, -0.2) is 46.8 Å². The summed E-state index contributed by atoms with van der Waals surface area (Å²) in [7, 11) is 0. The Labute approximate surface area is 232 Å². The van der Waals surface area contributed by atoms with Crippen molar-refractivity contribution in [3.05, 3.63) is 77.6 Å². The minimum absolute atomic E-state index is 0.0160. The van der Waals surface area contributed by atoms with Crippen molar-refractivity contribution in [2.45, 2.75) is 51.6 Å². The molecule has 1 fully saturated rings. The van der Waals surface area contributed by atoms with Gasteiger partial charge < -0.3 is 25.5 Å². The number of rotatable bonds is 11. The molecule has 210 valence electrons. The number of benzene rings is 2. The zero-order valence-corrected chi connectivity index (χ0v) is 22.4. The van der Waals surface area contributed by atoms with E-state index in [9.17, 15) is 19.2 Å². The van der Waals surface area contributed by atoms with Gasteiger partial charge in [0, 0.05) is 47.4 Å². The molecule has 10 heteroatoms. The van der Waals surface area contributed by atoms with Crippen molar-refractivity contribution in [3.8, 4) is 17.2 Å². The molecule has 2 amide bonds. The van der Waals surface area contributed by atoms with Crippen LogP contribution in [0.1, 0.15) is 60.5 Å². The van der Waals surface area contributed by atoms with Crippen LogP contribution in [0.4, 0.5) is 10.2 Å². The van der Waals surface area contributed by atoms with Gasteiger partial charge in [0.15, 0.2) is 5.75 Å². The summed E-state index contributed by atoms with van der Waals surface area (Å²) in [6.45, 7) is 1.65. The van der Waals surface area contributed by atoms with Crippen molar-refractivity contribution >= 4 is 23.2 Å². The summed E-state index contributed by atoms with van der Waals surface area (Å²) in [6, 6.07) is 12.6. The van der Waals surface area contributed by atoms with Crippen LogP contribution in [0.15, 0.2) is 60.9 Å². The first kappa shape index (κ1) is 28.5. The number of ether oxygens (including phenoxy) is 1. The lowest BCUT2D eigenvalue weighted by Crippen LogP contribution is -2.40. The second-order valence-electron chi connectivity index (χ2n) is 9.62. The van der Waals surface area contributed by atoms with E-state index in [1.165, 1.54) is 29.5 Å². The summed E-state index contributed by atoms with van der Waals surface area (Å²) in [4.78, 5) is 35.5. The number of phenolic OH excluding ortho intramolecular Hbond substituents is 1. The van der Waals surface area contributed by atoms with Gasteiger partial charge in [-0.1, -0.05) is 18.6 Å². The zero-order chi connectivity index (χ0) is 28.5. The van der Waals surface area contributed by atoms with Gasteiger partial charge in [-0.25, -0.2) is 0 Å². The monoisotopic (exact) mass is 548 g/mol. The number of nitrogens with zero attached hydrogens (tertiary/aromatic N) is 2. The maximum Gasteiger partial charge on any atom is 0.252 e. The number of carbonyl (C=O) groups is 2. The van der Waals surface area contributed by atoms with E-state index in [1.807, 2.05) is 6.07 Å². The van der Waals surface area contributed by atoms with Crippen molar-refractivity contribution in [1.82, 2.24) is 10.3 Å². The Morgan fingerprint density at radius 1 is 1.12 bits per heavy atom. The van der Waals surface area contributed by atoms with E-state index in [4.69, 9.17) is 10.1 Å².